The maximum atomic E-state index is 12.3. The number of hydrogen-bond acceptors (Lipinski definition) is 2. The molecule has 0 aromatic heterocycles. The normalized spacial score (nSPS) is 10.2. The lowest BCUT2D eigenvalue weighted by atomic mass is 10.1. The summed E-state index contributed by atoms with van der Waals surface area (Å²) in [5.74, 6) is 0.779. The van der Waals surface area contributed by atoms with Crippen molar-refractivity contribution in [2.75, 3.05) is 14.2 Å². The third-order valence-electron chi connectivity index (χ3n) is 3.27. The zero-order chi connectivity index (χ0) is 15.2. The van der Waals surface area contributed by atoms with Crippen molar-refractivity contribution in [3.63, 3.8) is 0 Å². The molecule has 0 aliphatic heterocycles. The van der Waals surface area contributed by atoms with E-state index in [1.54, 1.807) is 19.1 Å². The molecule has 4 heteroatoms. The Morgan fingerprint density at radius 2 is 1.95 bits per heavy atom. The average Bonchev–Trinajstić information content (AvgIpc) is 2.47. The number of halogens is 1. The summed E-state index contributed by atoms with van der Waals surface area (Å²) in [4.78, 5) is 14.0. The van der Waals surface area contributed by atoms with Crippen molar-refractivity contribution in [1.29, 1.82) is 0 Å². The molecule has 0 unspecified atom stereocenters. The second kappa shape index (κ2) is 7.14. The van der Waals surface area contributed by atoms with Crippen molar-refractivity contribution in [1.82, 2.24) is 4.90 Å². The zero-order valence-electron chi connectivity index (χ0n) is 12.2. The van der Waals surface area contributed by atoms with Crippen LogP contribution in [0.2, 0.25) is 5.02 Å². The molecule has 2 aromatic rings. The highest BCUT2D eigenvalue weighted by molar-refractivity contribution is 6.30. The Labute approximate surface area is 130 Å². The fourth-order valence-electron chi connectivity index (χ4n) is 2.14. The first-order valence-electron chi connectivity index (χ1n) is 6.70. The molecule has 21 heavy (non-hydrogen) atoms. The van der Waals surface area contributed by atoms with E-state index < -0.39 is 0 Å². The number of benzene rings is 2. The number of nitrogens with zero attached hydrogens (tertiary/aromatic N) is 1. The zero-order valence-corrected chi connectivity index (χ0v) is 12.9. The van der Waals surface area contributed by atoms with Crippen LogP contribution in [0.5, 0.6) is 5.75 Å². The van der Waals surface area contributed by atoms with Gasteiger partial charge in [-0.2, -0.15) is 0 Å². The molecule has 0 N–H and O–H groups in total. The van der Waals surface area contributed by atoms with Gasteiger partial charge in [0.1, 0.15) is 5.75 Å². The largest absolute Gasteiger partial charge is 0.496 e. The van der Waals surface area contributed by atoms with Crippen LogP contribution in [0, 0.1) is 0 Å². The highest BCUT2D eigenvalue weighted by Gasteiger charge is 2.13. The van der Waals surface area contributed by atoms with Gasteiger partial charge in [0, 0.05) is 24.2 Å². The Morgan fingerprint density at radius 1 is 1.19 bits per heavy atom. The summed E-state index contributed by atoms with van der Waals surface area (Å²) in [5, 5.41) is 0.679. The molecule has 0 saturated carbocycles. The predicted octanol–water partition coefficient (Wildman–Crippen LogP) is 3.55. The fourth-order valence-corrected chi connectivity index (χ4v) is 2.36. The molecular formula is C17H18ClNO2. The minimum Gasteiger partial charge on any atom is -0.496 e. The molecule has 1 amide bonds. The van der Waals surface area contributed by atoms with Crippen molar-refractivity contribution in [2.24, 2.45) is 0 Å². The number of carbonyl (C=O) groups excluding carboxylic acids is 1. The lowest BCUT2D eigenvalue weighted by Crippen LogP contribution is -2.27. The molecule has 110 valence electrons. The molecule has 2 aromatic carbocycles. The summed E-state index contributed by atoms with van der Waals surface area (Å²) in [7, 11) is 3.40. The van der Waals surface area contributed by atoms with Gasteiger partial charge in [0.2, 0.25) is 5.91 Å². The van der Waals surface area contributed by atoms with Gasteiger partial charge in [-0.3, -0.25) is 4.79 Å². The molecule has 0 radical (unpaired) electrons. The van der Waals surface area contributed by atoms with Crippen molar-refractivity contribution in [3.8, 4) is 5.75 Å². The summed E-state index contributed by atoms with van der Waals surface area (Å²) in [6.45, 7) is 0.536. The second-order valence-electron chi connectivity index (χ2n) is 4.87. The minimum absolute atomic E-state index is 0.0412. The van der Waals surface area contributed by atoms with Crippen molar-refractivity contribution in [2.45, 2.75) is 13.0 Å². The van der Waals surface area contributed by atoms with E-state index >= 15 is 0 Å². The third kappa shape index (κ3) is 4.23. The summed E-state index contributed by atoms with van der Waals surface area (Å²) in [6.07, 6.45) is 0.321. The number of carbonyl (C=O) groups is 1. The summed E-state index contributed by atoms with van der Waals surface area (Å²) in [6, 6.07) is 15.1. The van der Waals surface area contributed by atoms with Crippen LogP contribution in [0.4, 0.5) is 0 Å². The highest BCUT2D eigenvalue weighted by Crippen LogP contribution is 2.19. The lowest BCUT2D eigenvalue weighted by molar-refractivity contribution is -0.129. The maximum absolute atomic E-state index is 12.3. The lowest BCUT2D eigenvalue weighted by Gasteiger charge is -2.18. The molecule has 0 atom stereocenters. The predicted molar refractivity (Wildman–Crippen MR) is 84.6 cm³/mol. The summed E-state index contributed by atoms with van der Waals surface area (Å²) < 4.78 is 5.27. The molecule has 0 bridgehead atoms. The van der Waals surface area contributed by atoms with Gasteiger partial charge in [-0.05, 0) is 23.8 Å². The third-order valence-corrected chi connectivity index (χ3v) is 3.50. The first-order chi connectivity index (χ1) is 10.1. The fraction of sp³-hybridized carbons (Fsp3) is 0.235. The van der Waals surface area contributed by atoms with Crippen LogP contribution in [0.1, 0.15) is 11.1 Å². The van der Waals surface area contributed by atoms with E-state index in [0.717, 1.165) is 16.9 Å². The van der Waals surface area contributed by atoms with Crippen LogP contribution in [-0.2, 0) is 17.8 Å². The number of likely N-dealkylation sites (N-methyl/N-ethyl adjacent to an activating group) is 1. The monoisotopic (exact) mass is 303 g/mol. The Kier molecular flexibility index (Phi) is 5.23. The number of hydrogen-bond donors (Lipinski definition) is 0. The molecule has 0 aliphatic rings. The number of para-hydroxylation sites is 1. The van der Waals surface area contributed by atoms with Gasteiger partial charge >= 0.3 is 0 Å². The SMILES string of the molecule is COc1ccccc1CC(=O)N(C)Cc1cccc(Cl)c1. The van der Waals surface area contributed by atoms with Crippen molar-refractivity contribution >= 4 is 17.5 Å². The van der Waals surface area contributed by atoms with Gasteiger partial charge in [0.25, 0.3) is 0 Å². The molecule has 0 heterocycles. The Balaban J connectivity index is 2.02. The first-order valence-corrected chi connectivity index (χ1v) is 7.08. The van der Waals surface area contributed by atoms with E-state index in [9.17, 15) is 4.79 Å². The van der Waals surface area contributed by atoms with Gasteiger partial charge in [0.15, 0.2) is 0 Å². The first kappa shape index (κ1) is 15.4. The Hall–Kier alpha value is -2.00. The van der Waals surface area contributed by atoms with E-state index in [2.05, 4.69) is 0 Å². The number of amides is 1. The van der Waals surface area contributed by atoms with E-state index in [0.29, 0.717) is 18.0 Å². The topological polar surface area (TPSA) is 29.5 Å². The van der Waals surface area contributed by atoms with Gasteiger partial charge in [-0.1, -0.05) is 41.9 Å². The van der Waals surface area contributed by atoms with E-state index in [-0.39, 0.29) is 5.91 Å². The number of ether oxygens (including phenoxy) is 1. The molecule has 3 nitrogen and oxygen atoms in total. The molecule has 0 spiro atoms. The molecular weight excluding hydrogens is 286 g/mol. The standard InChI is InChI=1S/C17H18ClNO2/c1-19(12-13-6-5-8-15(18)10-13)17(20)11-14-7-3-4-9-16(14)21-2/h3-10H,11-12H2,1-2H3. The van der Waals surface area contributed by atoms with E-state index in [1.165, 1.54) is 0 Å². The number of methoxy groups -OCH3 is 1. The van der Waals surface area contributed by atoms with Crippen LogP contribution in [0.25, 0.3) is 0 Å². The molecule has 0 fully saturated rings. The summed E-state index contributed by atoms with van der Waals surface area (Å²) >= 11 is 5.96. The maximum Gasteiger partial charge on any atom is 0.227 e. The quantitative estimate of drug-likeness (QED) is 0.845. The van der Waals surface area contributed by atoms with Crippen molar-refractivity contribution in [3.05, 3.63) is 64.7 Å². The highest BCUT2D eigenvalue weighted by atomic mass is 35.5. The summed E-state index contributed by atoms with van der Waals surface area (Å²) in [5.41, 5.74) is 1.90. The Bertz CT molecular complexity index is 628. The van der Waals surface area contributed by atoms with Crippen LogP contribution in [0.15, 0.2) is 48.5 Å². The van der Waals surface area contributed by atoms with Crippen LogP contribution >= 0.6 is 11.6 Å². The van der Waals surface area contributed by atoms with Gasteiger partial charge in [-0.15, -0.1) is 0 Å². The second-order valence-corrected chi connectivity index (χ2v) is 5.30. The molecule has 0 aliphatic carbocycles. The van der Waals surface area contributed by atoms with E-state index in [1.807, 2.05) is 48.5 Å². The average molecular weight is 304 g/mol. The number of rotatable bonds is 5. The van der Waals surface area contributed by atoms with Crippen LogP contribution < -0.4 is 4.74 Å². The molecule has 2 rings (SSSR count). The van der Waals surface area contributed by atoms with Gasteiger partial charge in [-0.25, -0.2) is 0 Å². The Morgan fingerprint density at radius 3 is 2.67 bits per heavy atom. The van der Waals surface area contributed by atoms with Gasteiger partial charge < -0.3 is 9.64 Å². The van der Waals surface area contributed by atoms with Crippen LogP contribution in [0.3, 0.4) is 0 Å². The molecule has 0 saturated heterocycles. The van der Waals surface area contributed by atoms with Crippen LogP contribution in [-0.4, -0.2) is 25.0 Å². The van der Waals surface area contributed by atoms with Gasteiger partial charge in [0.05, 0.1) is 13.5 Å². The van der Waals surface area contributed by atoms with Crippen molar-refractivity contribution < 1.29 is 9.53 Å². The van der Waals surface area contributed by atoms with E-state index in [4.69, 9.17) is 16.3 Å². The minimum atomic E-state index is 0.0412. The smallest absolute Gasteiger partial charge is 0.227 e.